The average molecular weight is 1150 g/mol. The second kappa shape index (κ2) is 55.0. The Bertz CT molecular complexity index is 1980. The minimum Gasteiger partial charge on any atom is -0.493 e. The largest absolute Gasteiger partial charge is 0.493 e. The monoisotopic (exact) mass is 1150 g/mol. The van der Waals surface area contributed by atoms with Crippen molar-refractivity contribution in [2.24, 2.45) is 0 Å². The molecule has 1 aliphatic heterocycles. The summed E-state index contributed by atoms with van der Waals surface area (Å²) >= 11 is 0. The lowest BCUT2D eigenvalue weighted by Crippen LogP contribution is -2.05. The maximum absolute atomic E-state index is 12.6. The zero-order chi connectivity index (χ0) is 59.9. The third kappa shape index (κ3) is 38.7. The van der Waals surface area contributed by atoms with E-state index >= 15 is 0 Å². The molecule has 1 heterocycles. The van der Waals surface area contributed by atoms with E-state index in [1.807, 2.05) is 0 Å². The number of nitrogens with zero attached hydrogens (tertiary/aromatic N) is 2. The van der Waals surface area contributed by atoms with Crippen LogP contribution in [0.5, 0.6) is 0 Å². The van der Waals surface area contributed by atoms with Crippen LogP contribution in [0.25, 0.3) is 16.9 Å². The van der Waals surface area contributed by atoms with Gasteiger partial charge in [-0.15, -0.1) is 0 Å². The summed E-state index contributed by atoms with van der Waals surface area (Å²) < 4.78 is 1.56. The molecular weight excluding hydrogens is 1010 g/mol. The Morgan fingerprint density at radius 1 is 0.286 bits per heavy atom. The predicted molar refractivity (Wildman–Crippen MR) is 375 cm³/mol. The van der Waals surface area contributed by atoms with Gasteiger partial charge in [-0.1, -0.05) is 366 Å². The highest BCUT2D eigenvalue weighted by atomic mass is 15.2. The molecule has 0 fully saturated rings. The van der Waals surface area contributed by atoms with E-state index in [-0.39, 0.29) is 0 Å². The summed E-state index contributed by atoms with van der Waals surface area (Å²) in [6.07, 6.45) is 78.2. The number of hydrogen-bond donors (Lipinski definition) is 0. The fourth-order valence-corrected chi connectivity index (χ4v) is 12.9. The van der Waals surface area contributed by atoms with E-state index in [9.17, 15) is 5.53 Å². The number of hydrogen-bond acceptors (Lipinski definition) is 0. The van der Waals surface area contributed by atoms with Gasteiger partial charge in [0, 0.05) is 46.7 Å². The van der Waals surface area contributed by atoms with Crippen LogP contribution >= 0.6 is 0 Å². The van der Waals surface area contributed by atoms with E-state index in [1.54, 1.807) is 4.70 Å². The first-order valence-electron chi connectivity index (χ1n) is 37.7. The Labute approximate surface area is 524 Å². The summed E-state index contributed by atoms with van der Waals surface area (Å²) in [5.41, 5.74) is 22.8. The quantitative estimate of drug-likeness (QED) is 0.0358. The van der Waals surface area contributed by atoms with Crippen LogP contribution in [0.3, 0.4) is 0 Å². The van der Waals surface area contributed by atoms with Crippen molar-refractivity contribution in [3.63, 3.8) is 0 Å². The molecule has 2 aromatic carbocycles. The second-order valence-corrected chi connectivity index (χ2v) is 26.5. The molecule has 0 aliphatic carbocycles. The number of benzene rings is 2. The average Bonchev–Trinajstić information content (AvgIpc) is 2.56. The van der Waals surface area contributed by atoms with Crippen molar-refractivity contribution in [2.75, 3.05) is 0 Å². The van der Waals surface area contributed by atoms with Crippen LogP contribution in [0.1, 0.15) is 421 Å². The SMILES string of the molecule is CCCCCCCCCCCCCCCCCCCCCC#Cc1cc(C#CCCCCCCCCCCCCCCCCCCCCC)cc(C2=CC(CCCCCCCC)=C(c3cc(CCCCCC)cc(CCCCCC)c3)[N+]2=[N-])c1. The fourth-order valence-electron chi connectivity index (χ4n) is 12.9. The molecule has 0 aromatic heterocycles. The van der Waals surface area contributed by atoms with Gasteiger partial charge >= 0.3 is 0 Å². The molecule has 0 unspecified atom stereocenters. The van der Waals surface area contributed by atoms with E-state index < -0.39 is 0 Å². The lowest BCUT2D eigenvalue weighted by atomic mass is 9.94. The van der Waals surface area contributed by atoms with E-state index in [0.29, 0.717) is 0 Å². The van der Waals surface area contributed by atoms with E-state index in [0.717, 1.165) is 66.6 Å². The number of unbranched alkanes of at least 4 members (excludes halogenated alkanes) is 49. The lowest BCUT2D eigenvalue weighted by Gasteiger charge is -2.14. The second-order valence-electron chi connectivity index (χ2n) is 26.5. The van der Waals surface area contributed by atoms with Crippen LogP contribution in [-0.2, 0) is 12.8 Å². The number of allylic oxidation sites excluding steroid dienone is 2. The van der Waals surface area contributed by atoms with Crippen molar-refractivity contribution in [2.45, 2.75) is 401 Å². The van der Waals surface area contributed by atoms with Gasteiger partial charge in [0.2, 0.25) is 11.4 Å². The summed E-state index contributed by atoms with van der Waals surface area (Å²) in [5, 5.41) is 0. The summed E-state index contributed by atoms with van der Waals surface area (Å²) in [6, 6.07) is 14.0. The van der Waals surface area contributed by atoms with Gasteiger partial charge in [0.15, 0.2) is 0 Å². The van der Waals surface area contributed by atoms with Gasteiger partial charge in [0.25, 0.3) is 0 Å². The fraction of sp³-hybridized carbons (Fsp3) is 0.756. The van der Waals surface area contributed by atoms with Crippen LogP contribution in [0.15, 0.2) is 48.0 Å². The standard InChI is InChI=1S/C82H136N2/c1-6-11-16-21-24-26-28-30-32-34-36-38-40-42-44-46-48-50-52-54-59-64-74-67-75(65-60-55-53-51-49-47-45-43-41-39-37-35-33-31-29-27-25-22-17-12-7-2)70-79(69-74)81-73-78(66-61-56-23-18-13-8-3)82(84(81)83)80-71-76(62-57-19-14-9-4)68-77(72-80)63-58-20-15-10-5/h67-73H,6-58,61-63,66H2,1-5H3. The highest BCUT2D eigenvalue weighted by molar-refractivity contribution is 5.79. The first-order chi connectivity index (χ1) is 41.5. The molecule has 0 amide bonds. The Hall–Kier alpha value is -3.36. The summed E-state index contributed by atoms with van der Waals surface area (Å²) in [6.45, 7) is 11.5. The van der Waals surface area contributed by atoms with Gasteiger partial charge < -0.3 is 5.53 Å². The van der Waals surface area contributed by atoms with Crippen molar-refractivity contribution < 1.29 is 4.70 Å². The van der Waals surface area contributed by atoms with Crippen LogP contribution < -0.4 is 0 Å². The van der Waals surface area contributed by atoms with Crippen molar-refractivity contribution >= 4 is 11.4 Å². The molecule has 3 rings (SSSR count). The Kier molecular flexibility index (Phi) is 49.0. The molecule has 0 spiro atoms. The van der Waals surface area contributed by atoms with Gasteiger partial charge in [-0.25, -0.2) is 4.70 Å². The first-order valence-corrected chi connectivity index (χ1v) is 37.7. The molecule has 0 atom stereocenters. The molecule has 474 valence electrons. The normalized spacial score (nSPS) is 12.3. The number of aryl methyl sites for hydroxylation is 2. The molecule has 1 aliphatic rings. The number of rotatable bonds is 57. The molecule has 0 saturated heterocycles. The van der Waals surface area contributed by atoms with Gasteiger partial charge in [0.05, 0.1) is 0 Å². The Morgan fingerprint density at radius 2 is 0.560 bits per heavy atom. The lowest BCUT2D eigenvalue weighted by molar-refractivity contribution is -0.344. The van der Waals surface area contributed by atoms with Crippen molar-refractivity contribution in [1.29, 1.82) is 0 Å². The van der Waals surface area contributed by atoms with Crippen molar-refractivity contribution in [3.05, 3.63) is 87.0 Å². The van der Waals surface area contributed by atoms with Gasteiger partial charge in [0.1, 0.15) is 0 Å². The van der Waals surface area contributed by atoms with Gasteiger partial charge in [-0.2, -0.15) is 0 Å². The zero-order valence-electron chi connectivity index (χ0n) is 56.7. The molecule has 2 heteroatoms. The molecule has 2 aromatic rings. The van der Waals surface area contributed by atoms with E-state index in [2.05, 4.69) is 101 Å². The van der Waals surface area contributed by atoms with Crippen LogP contribution in [0.4, 0.5) is 0 Å². The molecule has 84 heavy (non-hydrogen) atoms. The summed E-state index contributed by atoms with van der Waals surface area (Å²) in [7, 11) is 0. The smallest absolute Gasteiger partial charge is 0.210 e. The first kappa shape index (κ1) is 74.9. The highest BCUT2D eigenvalue weighted by Crippen LogP contribution is 2.39. The third-order valence-electron chi connectivity index (χ3n) is 18.3. The van der Waals surface area contributed by atoms with Gasteiger partial charge in [-0.3, -0.25) is 0 Å². The Morgan fingerprint density at radius 3 is 0.881 bits per heavy atom. The molecule has 2 nitrogen and oxygen atoms in total. The maximum Gasteiger partial charge on any atom is 0.210 e. The maximum atomic E-state index is 12.6. The van der Waals surface area contributed by atoms with Crippen LogP contribution in [-0.4, -0.2) is 4.70 Å². The molecule has 0 bridgehead atoms. The van der Waals surface area contributed by atoms with Crippen LogP contribution in [0, 0.1) is 23.7 Å². The molecule has 0 N–H and O–H groups in total. The molecular formula is C82H136N2. The van der Waals surface area contributed by atoms with Crippen molar-refractivity contribution in [1.82, 2.24) is 0 Å². The van der Waals surface area contributed by atoms with E-state index in [4.69, 9.17) is 0 Å². The molecule has 0 radical (unpaired) electrons. The van der Waals surface area contributed by atoms with Gasteiger partial charge in [-0.05, 0) is 92.8 Å². The van der Waals surface area contributed by atoms with Crippen molar-refractivity contribution in [3.8, 4) is 23.7 Å². The predicted octanol–water partition coefficient (Wildman–Crippen LogP) is 27.8. The summed E-state index contributed by atoms with van der Waals surface area (Å²) in [5.74, 6) is 14.4. The zero-order valence-corrected chi connectivity index (χ0v) is 56.7. The Balaban J connectivity index is 1.64. The molecule has 0 saturated carbocycles. The minimum absolute atomic E-state index is 0.869. The summed E-state index contributed by atoms with van der Waals surface area (Å²) in [4.78, 5) is 0. The third-order valence-corrected chi connectivity index (χ3v) is 18.3. The van der Waals surface area contributed by atoms with Crippen LogP contribution in [0.2, 0.25) is 0 Å². The highest BCUT2D eigenvalue weighted by Gasteiger charge is 2.30. The van der Waals surface area contributed by atoms with E-state index in [1.165, 1.54) is 350 Å². The minimum atomic E-state index is 0.869. The topological polar surface area (TPSA) is 25.3 Å².